The van der Waals surface area contributed by atoms with E-state index >= 15 is 0 Å². The van der Waals surface area contributed by atoms with Gasteiger partial charge in [-0.3, -0.25) is 0 Å². The van der Waals surface area contributed by atoms with Crippen LogP contribution in [0.15, 0.2) is 157 Å². The first-order valence-electron chi connectivity index (χ1n) is 13.8. The van der Waals surface area contributed by atoms with Crippen LogP contribution in [0.2, 0.25) is 0 Å². The summed E-state index contributed by atoms with van der Waals surface area (Å²) in [5, 5.41) is 11.9. The fourth-order valence-electron chi connectivity index (χ4n) is 5.27. The third kappa shape index (κ3) is 5.56. The van der Waals surface area contributed by atoms with Crippen molar-refractivity contribution in [3.05, 3.63) is 179 Å². The zero-order valence-corrected chi connectivity index (χ0v) is 22.9. The molecule has 0 saturated carbocycles. The van der Waals surface area contributed by atoms with Gasteiger partial charge in [0.15, 0.2) is 0 Å². The van der Waals surface area contributed by atoms with Crippen molar-refractivity contribution in [2.75, 3.05) is 4.90 Å². The molecular weight excluding hydrogens is 514 g/mol. The van der Waals surface area contributed by atoms with Gasteiger partial charge in [-0.2, -0.15) is 0 Å². The first-order chi connectivity index (χ1) is 20.7. The summed E-state index contributed by atoms with van der Waals surface area (Å²) in [6, 6.07) is 45.6. The van der Waals surface area contributed by atoms with E-state index in [1.807, 2.05) is 54.6 Å². The van der Waals surface area contributed by atoms with Crippen molar-refractivity contribution in [1.29, 1.82) is 5.26 Å². The van der Waals surface area contributed by atoms with Crippen molar-refractivity contribution in [2.45, 2.75) is 12.5 Å². The van der Waals surface area contributed by atoms with Gasteiger partial charge in [0.2, 0.25) is 0 Å². The number of benzene rings is 5. The molecular formula is C38H27N3O. The molecule has 1 heterocycles. The highest BCUT2D eigenvalue weighted by Gasteiger charge is 2.22. The molecule has 1 aliphatic rings. The van der Waals surface area contributed by atoms with Crippen molar-refractivity contribution in [3.63, 3.8) is 0 Å². The van der Waals surface area contributed by atoms with Crippen molar-refractivity contribution in [1.82, 2.24) is 0 Å². The van der Waals surface area contributed by atoms with Gasteiger partial charge >= 0.3 is 0 Å². The monoisotopic (exact) mass is 541 g/mol. The number of fused-ring (bicyclic) bond motifs is 1. The number of hydrogen-bond acceptors (Lipinski definition) is 3. The zero-order valence-electron chi connectivity index (χ0n) is 22.9. The molecule has 0 aromatic heterocycles. The molecule has 0 amide bonds. The largest absolute Gasteiger partial charge is 0.485 e. The minimum atomic E-state index is -0.265. The molecule has 1 unspecified atom stereocenters. The average molecular weight is 542 g/mol. The van der Waals surface area contributed by atoms with E-state index in [9.17, 15) is 5.26 Å². The Morgan fingerprint density at radius 2 is 1.45 bits per heavy atom. The fourth-order valence-corrected chi connectivity index (χ4v) is 5.27. The van der Waals surface area contributed by atoms with Crippen molar-refractivity contribution in [2.24, 2.45) is 0 Å². The summed E-state index contributed by atoms with van der Waals surface area (Å²) in [6.07, 6.45) is 5.92. The molecule has 6 rings (SSSR count). The molecule has 1 atom stereocenters. The van der Waals surface area contributed by atoms with Crippen LogP contribution in [-0.4, -0.2) is 0 Å². The molecule has 200 valence electrons. The van der Waals surface area contributed by atoms with Crippen molar-refractivity contribution >= 4 is 33.9 Å². The van der Waals surface area contributed by atoms with Gasteiger partial charge in [0.25, 0.3) is 5.70 Å². The Hall–Kier alpha value is -5.84. The minimum Gasteiger partial charge on any atom is -0.485 e. The summed E-state index contributed by atoms with van der Waals surface area (Å²) in [5.74, 6) is 0.618. The number of nitriles is 1. The van der Waals surface area contributed by atoms with E-state index in [0.717, 1.165) is 28.2 Å². The topological polar surface area (TPSA) is 40.6 Å². The lowest BCUT2D eigenvalue weighted by Gasteiger charge is -2.27. The number of hydrogen-bond donors (Lipinski definition) is 0. The average Bonchev–Trinajstić information content (AvgIpc) is 3.06. The van der Waals surface area contributed by atoms with Crippen LogP contribution in [0.4, 0.5) is 17.1 Å². The number of rotatable bonds is 6. The maximum Gasteiger partial charge on any atom is 0.265 e. The lowest BCUT2D eigenvalue weighted by molar-refractivity contribution is 0.118. The van der Waals surface area contributed by atoms with Gasteiger partial charge in [0.1, 0.15) is 11.9 Å². The predicted molar refractivity (Wildman–Crippen MR) is 170 cm³/mol. The Balaban J connectivity index is 1.32. The van der Waals surface area contributed by atoms with E-state index in [1.54, 1.807) is 6.08 Å². The molecule has 4 heteroatoms. The Bertz CT molecular complexity index is 1870. The maximum atomic E-state index is 9.51. The number of allylic oxidation sites excluding steroid dienone is 3. The summed E-state index contributed by atoms with van der Waals surface area (Å²) in [4.78, 5) is 5.72. The van der Waals surface area contributed by atoms with Gasteiger partial charge in [0.05, 0.1) is 18.3 Å². The Kier molecular flexibility index (Phi) is 7.62. The van der Waals surface area contributed by atoms with E-state index < -0.39 is 0 Å². The maximum absolute atomic E-state index is 9.51. The highest BCUT2D eigenvalue weighted by Crippen LogP contribution is 2.39. The number of nitrogens with zero attached hydrogens (tertiary/aromatic N) is 3. The van der Waals surface area contributed by atoms with Crippen LogP contribution in [0, 0.1) is 17.9 Å². The second-order valence-corrected chi connectivity index (χ2v) is 9.96. The number of anilines is 3. The molecule has 0 saturated heterocycles. The van der Waals surface area contributed by atoms with E-state index in [1.165, 1.54) is 10.8 Å². The van der Waals surface area contributed by atoms with Gasteiger partial charge < -0.3 is 9.64 Å². The SMILES string of the molecule is [C-]#[N+]C(C#N)=C1C=C(/C=C/c2ccc(N(c3ccccc3)c3cccc4ccccc34)cc2)OC(c2ccccc2)C1. The van der Waals surface area contributed by atoms with Crippen molar-refractivity contribution in [3.8, 4) is 6.07 Å². The third-order valence-electron chi connectivity index (χ3n) is 7.31. The Labute approximate surface area is 246 Å². The first kappa shape index (κ1) is 26.4. The summed E-state index contributed by atoms with van der Waals surface area (Å²) < 4.78 is 6.30. The molecule has 0 spiro atoms. The highest BCUT2D eigenvalue weighted by molar-refractivity contribution is 5.98. The molecule has 42 heavy (non-hydrogen) atoms. The molecule has 5 aromatic rings. The molecule has 0 aliphatic carbocycles. The molecule has 1 aliphatic heterocycles. The molecule has 0 bridgehead atoms. The van der Waals surface area contributed by atoms with E-state index in [4.69, 9.17) is 11.3 Å². The first-order valence-corrected chi connectivity index (χ1v) is 13.8. The smallest absolute Gasteiger partial charge is 0.265 e. The van der Waals surface area contributed by atoms with Crippen LogP contribution in [0.1, 0.15) is 23.7 Å². The van der Waals surface area contributed by atoms with Gasteiger partial charge in [-0.25, -0.2) is 10.1 Å². The highest BCUT2D eigenvalue weighted by atomic mass is 16.5. The normalized spacial score (nSPS) is 15.8. The Morgan fingerprint density at radius 1 is 0.786 bits per heavy atom. The second-order valence-electron chi connectivity index (χ2n) is 9.96. The lowest BCUT2D eigenvalue weighted by atomic mass is 9.97. The van der Waals surface area contributed by atoms with Crippen LogP contribution in [0.5, 0.6) is 0 Å². The molecule has 5 aromatic carbocycles. The zero-order chi connectivity index (χ0) is 28.7. The number of ether oxygens (including phenoxy) is 1. The van der Waals surface area contributed by atoms with Crippen molar-refractivity contribution < 1.29 is 4.74 Å². The lowest BCUT2D eigenvalue weighted by Crippen LogP contribution is -2.10. The molecule has 0 radical (unpaired) electrons. The second kappa shape index (κ2) is 12.1. The minimum absolute atomic E-state index is 0.101. The summed E-state index contributed by atoms with van der Waals surface area (Å²) in [5.41, 5.74) is 6.05. The summed E-state index contributed by atoms with van der Waals surface area (Å²) in [6.45, 7) is 7.45. The van der Waals surface area contributed by atoms with E-state index in [2.05, 4.69) is 101 Å². The summed E-state index contributed by atoms with van der Waals surface area (Å²) in [7, 11) is 0. The standard InChI is InChI=1S/C38H27N3O/c1-40-36(27-39)31-25-34(42-38(26-31)30-12-4-2-5-13-30)24-21-28-19-22-33(23-20-28)41(32-15-6-3-7-16-32)37-18-10-14-29-11-8-9-17-35(29)37/h2-25,38H,26H2/b24-21+,36-31?. The van der Waals surface area contributed by atoms with Gasteiger partial charge in [0, 0.05) is 23.2 Å². The predicted octanol–water partition coefficient (Wildman–Crippen LogP) is 10.1. The van der Waals surface area contributed by atoms with Gasteiger partial charge in [-0.1, -0.05) is 103 Å². The van der Waals surface area contributed by atoms with Crippen LogP contribution in [0.25, 0.3) is 21.7 Å². The molecule has 0 N–H and O–H groups in total. The van der Waals surface area contributed by atoms with E-state index in [0.29, 0.717) is 17.8 Å². The molecule has 4 nitrogen and oxygen atoms in total. The number of para-hydroxylation sites is 1. The van der Waals surface area contributed by atoms with E-state index in [-0.39, 0.29) is 11.8 Å². The Morgan fingerprint density at radius 3 is 2.19 bits per heavy atom. The fraction of sp³-hybridized carbons (Fsp3) is 0.0526. The van der Waals surface area contributed by atoms with Crippen LogP contribution < -0.4 is 4.90 Å². The third-order valence-corrected chi connectivity index (χ3v) is 7.31. The van der Waals surface area contributed by atoms with Crippen LogP contribution in [-0.2, 0) is 4.74 Å². The van der Waals surface area contributed by atoms with Gasteiger partial charge in [-0.15, -0.1) is 0 Å². The quantitative estimate of drug-likeness (QED) is 0.159. The summed E-state index contributed by atoms with van der Waals surface area (Å²) >= 11 is 0. The molecule has 0 fully saturated rings. The van der Waals surface area contributed by atoms with Crippen LogP contribution in [0.3, 0.4) is 0 Å². The van der Waals surface area contributed by atoms with Gasteiger partial charge in [-0.05, 0) is 64.6 Å². The van der Waals surface area contributed by atoms with Crippen LogP contribution >= 0.6 is 0 Å².